The molecule has 1 amide bonds. The number of aromatic nitrogens is 2. The molecule has 1 saturated heterocycles. The molecule has 37 heavy (non-hydrogen) atoms. The van der Waals surface area contributed by atoms with Crippen molar-refractivity contribution in [3.8, 4) is 5.75 Å². The molecule has 0 saturated carbocycles. The van der Waals surface area contributed by atoms with E-state index in [-0.39, 0.29) is 24.3 Å². The number of thiophene rings is 1. The fraction of sp³-hybridized carbons (Fsp3) is 0.259. The van der Waals surface area contributed by atoms with E-state index >= 15 is 0 Å². The Morgan fingerprint density at radius 2 is 2.03 bits per heavy atom. The number of amides is 1. The molecule has 2 aromatic heterocycles. The van der Waals surface area contributed by atoms with Gasteiger partial charge in [-0.1, -0.05) is 30.3 Å². The van der Waals surface area contributed by atoms with Gasteiger partial charge in [0.2, 0.25) is 0 Å². The molecule has 4 aromatic rings. The Bertz CT molecular complexity index is 1440. The van der Waals surface area contributed by atoms with Gasteiger partial charge in [0.15, 0.2) is 5.78 Å². The molecule has 1 aliphatic rings. The van der Waals surface area contributed by atoms with Gasteiger partial charge in [0, 0.05) is 18.2 Å². The lowest BCUT2D eigenvalue weighted by Crippen LogP contribution is -2.37. The Hall–Kier alpha value is -3.89. The molecule has 8 nitrogen and oxygen atoms in total. The van der Waals surface area contributed by atoms with Gasteiger partial charge in [-0.25, -0.2) is 14.4 Å². The lowest BCUT2D eigenvalue weighted by Gasteiger charge is -2.25. The van der Waals surface area contributed by atoms with Gasteiger partial charge in [-0.05, 0) is 44.0 Å². The number of hydrogen-bond donors (Lipinski definition) is 3. The van der Waals surface area contributed by atoms with Crippen LogP contribution in [0.1, 0.15) is 38.4 Å². The van der Waals surface area contributed by atoms with Crippen LogP contribution in [0.2, 0.25) is 0 Å². The average molecular weight is 520 g/mol. The smallest absolute Gasteiger partial charge is 0.262 e. The summed E-state index contributed by atoms with van der Waals surface area (Å²) in [6, 6.07) is 13.1. The molecule has 1 unspecified atom stereocenters. The number of hydrogen-bond acceptors (Lipinski definition) is 8. The number of Topliss-reactive ketones (excluding diaryl/α,β-unsaturated/α-hetero) is 1. The first-order valence-corrected chi connectivity index (χ1v) is 12.9. The van der Waals surface area contributed by atoms with Crippen LogP contribution in [-0.4, -0.2) is 47.4 Å². The van der Waals surface area contributed by atoms with Crippen LogP contribution in [0.3, 0.4) is 0 Å². The lowest BCUT2D eigenvalue weighted by atomic mass is 10.1. The molecule has 2 aromatic carbocycles. The first-order chi connectivity index (χ1) is 18.0. The summed E-state index contributed by atoms with van der Waals surface area (Å²) in [4.78, 5) is 35.2. The molecule has 0 aliphatic carbocycles. The number of anilines is 2. The zero-order chi connectivity index (χ0) is 25.8. The highest BCUT2D eigenvalue weighted by Gasteiger charge is 2.22. The van der Waals surface area contributed by atoms with E-state index in [1.807, 2.05) is 13.0 Å². The van der Waals surface area contributed by atoms with Crippen molar-refractivity contribution in [3.05, 3.63) is 76.7 Å². The third kappa shape index (κ3) is 5.60. The van der Waals surface area contributed by atoms with Crippen LogP contribution in [0.4, 0.5) is 15.9 Å². The number of benzene rings is 2. The van der Waals surface area contributed by atoms with E-state index < -0.39 is 5.82 Å². The summed E-state index contributed by atoms with van der Waals surface area (Å²) in [6.07, 6.45) is 3.23. The molecule has 0 bridgehead atoms. The first kappa shape index (κ1) is 24.8. The van der Waals surface area contributed by atoms with Crippen molar-refractivity contribution in [2.24, 2.45) is 0 Å². The third-order valence-corrected chi connectivity index (χ3v) is 7.38. The quantitative estimate of drug-likeness (QED) is 0.292. The summed E-state index contributed by atoms with van der Waals surface area (Å²) in [5.41, 5.74) is 1.79. The number of fused-ring (bicyclic) bond motifs is 1. The number of ketones is 1. The lowest BCUT2D eigenvalue weighted by molar-refractivity contribution is 0.0906. The summed E-state index contributed by atoms with van der Waals surface area (Å²) in [7, 11) is 0. The molecule has 0 spiro atoms. The summed E-state index contributed by atoms with van der Waals surface area (Å²) in [6.45, 7) is 3.35. The van der Waals surface area contributed by atoms with E-state index in [9.17, 15) is 14.0 Å². The average Bonchev–Trinajstić information content (AvgIpc) is 3.27. The number of piperidine rings is 1. The number of aryl methyl sites for hydroxylation is 1. The first-order valence-electron chi connectivity index (χ1n) is 12.0. The third-order valence-electron chi connectivity index (χ3n) is 6.18. The fourth-order valence-corrected chi connectivity index (χ4v) is 5.34. The molecular formula is C27H26FN5O3S. The van der Waals surface area contributed by atoms with E-state index in [0.29, 0.717) is 50.0 Å². The summed E-state index contributed by atoms with van der Waals surface area (Å²) in [5.74, 6) is -0.0480. The minimum atomic E-state index is -0.395. The number of halogens is 1. The van der Waals surface area contributed by atoms with Crippen LogP contribution in [0.5, 0.6) is 5.75 Å². The van der Waals surface area contributed by atoms with E-state index in [1.165, 1.54) is 29.8 Å². The summed E-state index contributed by atoms with van der Waals surface area (Å²) >= 11 is 1.23. The minimum absolute atomic E-state index is 0.0571. The largest absolute Gasteiger partial charge is 0.487 e. The fourth-order valence-electron chi connectivity index (χ4n) is 4.27. The molecule has 3 N–H and O–H groups in total. The molecule has 3 heterocycles. The predicted octanol–water partition coefficient (Wildman–Crippen LogP) is 4.63. The van der Waals surface area contributed by atoms with Gasteiger partial charge < -0.3 is 20.7 Å². The highest BCUT2D eigenvalue weighted by molar-refractivity contribution is 7.20. The van der Waals surface area contributed by atoms with Crippen LogP contribution in [0, 0.1) is 12.7 Å². The molecule has 190 valence electrons. The van der Waals surface area contributed by atoms with Gasteiger partial charge in [-0.2, -0.15) is 0 Å². The Morgan fingerprint density at radius 3 is 2.81 bits per heavy atom. The Kier molecular flexibility index (Phi) is 7.38. The van der Waals surface area contributed by atoms with Crippen LogP contribution in [0.15, 0.2) is 54.9 Å². The Balaban J connectivity index is 1.37. The van der Waals surface area contributed by atoms with Crippen molar-refractivity contribution in [2.45, 2.75) is 25.9 Å². The summed E-state index contributed by atoms with van der Waals surface area (Å²) in [5, 5.41) is 9.94. The van der Waals surface area contributed by atoms with Crippen LogP contribution < -0.4 is 20.7 Å². The standard InChI is InChI=1S/C27H26FN5O3S/c1-16-23-25(33-20-10-9-18(28)12-22(20)36-19-8-5-11-29-13-19)31-15-32-27(23)37-24(16)26(35)30-14-21(34)17-6-3-2-4-7-17/h2-4,6-7,9-10,12,15,19,29H,5,8,11,13-14H2,1H3,(H,30,35)(H,31,32,33). The second kappa shape index (κ2) is 11.0. The summed E-state index contributed by atoms with van der Waals surface area (Å²) < 4.78 is 20.2. The maximum Gasteiger partial charge on any atom is 0.262 e. The number of nitrogens with zero attached hydrogens (tertiary/aromatic N) is 2. The topological polar surface area (TPSA) is 105 Å². The maximum absolute atomic E-state index is 14.1. The van der Waals surface area contributed by atoms with Crippen molar-refractivity contribution in [1.29, 1.82) is 0 Å². The van der Waals surface area contributed by atoms with Gasteiger partial charge in [0.1, 0.15) is 34.6 Å². The zero-order valence-electron chi connectivity index (χ0n) is 20.2. The molecule has 10 heteroatoms. The van der Waals surface area contributed by atoms with Gasteiger partial charge in [0.05, 0.1) is 22.5 Å². The van der Waals surface area contributed by atoms with Crippen molar-refractivity contribution in [1.82, 2.24) is 20.6 Å². The van der Waals surface area contributed by atoms with Crippen LogP contribution in [-0.2, 0) is 0 Å². The normalized spacial score (nSPS) is 15.4. The second-order valence-electron chi connectivity index (χ2n) is 8.78. The van der Waals surface area contributed by atoms with Crippen molar-refractivity contribution in [3.63, 3.8) is 0 Å². The SMILES string of the molecule is Cc1c(C(=O)NCC(=O)c2ccccc2)sc2ncnc(Nc3ccc(F)cc3OC3CCCNC3)c12. The van der Waals surface area contributed by atoms with Gasteiger partial charge >= 0.3 is 0 Å². The van der Waals surface area contributed by atoms with Crippen molar-refractivity contribution < 1.29 is 18.7 Å². The number of ether oxygens (including phenoxy) is 1. The molecule has 1 aliphatic heterocycles. The van der Waals surface area contributed by atoms with Gasteiger partial charge in [-0.3, -0.25) is 9.59 Å². The number of carbonyl (C=O) groups excluding carboxylic acids is 2. The highest BCUT2D eigenvalue weighted by atomic mass is 32.1. The van der Waals surface area contributed by atoms with Crippen LogP contribution in [0.25, 0.3) is 10.2 Å². The number of nitrogens with one attached hydrogen (secondary N) is 3. The number of rotatable bonds is 8. The highest BCUT2D eigenvalue weighted by Crippen LogP contribution is 2.37. The second-order valence-corrected chi connectivity index (χ2v) is 9.78. The molecule has 0 radical (unpaired) electrons. The molecular weight excluding hydrogens is 493 g/mol. The maximum atomic E-state index is 14.1. The molecule has 1 fully saturated rings. The minimum Gasteiger partial charge on any atom is -0.487 e. The zero-order valence-corrected chi connectivity index (χ0v) is 21.0. The van der Waals surface area contributed by atoms with E-state index in [2.05, 4.69) is 25.9 Å². The predicted molar refractivity (Wildman–Crippen MR) is 141 cm³/mol. The van der Waals surface area contributed by atoms with E-state index in [1.54, 1.807) is 30.3 Å². The monoisotopic (exact) mass is 519 g/mol. The van der Waals surface area contributed by atoms with Gasteiger partial charge in [0.25, 0.3) is 5.91 Å². The Labute approximate surface area is 217 Å². The van der Waals surface area contributed by atoms with Crippen molar-refractivity contribution in [2.75, 3.05) is 25.0 Å². The van der Waals surface area contributed by atoms with E-state index in [4.69, 9.17) is 4.74 Å². The molecule has 5 rings (SSSR count). The Morgan fingerprint density at radius 1 is 1.19 bits per heavy atom. The molecule has 1 atom stereocenters. The van der Waals surface area contributed by atoms with Crippen molar-refractivity contribution >= 4 is 44.7 Å². The number of carbonyl (C=O) groups is 2. The van der Waals surface area contributed by atoms with E-state index in [0.717, 1.165) is 19.4 Å². The van der Waals surface area contributed by atoms with Gasteiger partial charge in [-0.15, -0.1) is 11.3 Å². The van der Waals surface area contributed by atoms with Crippen LogP contribution >= 0.6 is 11.3 Å².